The van der Waals surface area contributed by atoms with E-state index >= 15 is 0 Å². The van der Waals surface area contributed by atoms with Crippen molar-refractivity contribution in [3.63, 3.8) is 0 Å². The van der Waals surface area contributed by atoms with Crippen molar-refractivity contribution < 1.29 is 5.79 Å². The normalized spacial score (nSPS) is 12.4. The molecule has 0 aliphatic rings. The average Bonchev–Trinajstić information content (AvgIpc) is 2.46. The molecule has 0 saturated heterocycles. The molecule has 2 heterocycles. The third-order valence-electron chi connectivity index (χ3n) is 1.62. The van der Waals surface area contributed by atoms with Gasteiger partial charge in [-0.25, -0.2) is 4.98 Å². The lowest BCUT2D eigenvalue weighted by Crippen LogP contribution is -1.85. The van der Waals surface area contributed by atoms with Crippen molar-refractivity contribution in [1.82, 2.24) is 9.97 Å². The third-order valence-corrected chi connectivity index (χ3v) is 1.62. The van der Waals surface area contributed by atoms with E-state index in [-0.39, 0.29) is 5.92 Å². The highest BCUT2D eigenvalue weighted by atomic mass is 16.3. The summed E-state index contributed by atoms with van der Waals surface area (Å²) in [6, 6.07) is 1.97. The Morgan fingerprint density at radius 2 is 2.42 bits per heavy atom. The smallest absolute Gasteiger partial charge is 0.199 e. The summed E-state index contributed by atoms with van der Waals surface area (Å²) in [5, 5.41) is 0. The second kappa shape index (κ2) is 2.59. The maximum Gasteiger partial charge on any atom is 0.199 e. The number of fused-ring (bicyclic) bond motifs is 1. The van der Waals surface area contributed by atoms with Crippen molar-refractivity contribution in [3.05, 3.63) is 24.2 Å². The molecule has 3 heteroatoms. The lowest BCUT2D eigenvalue weighted by molar-refractivity contribution is 0.501. The maximum absolute atomic E-state index is 7.34. The van der Waals surface area contributed by atoms with Crippen molar-refractivity contribution >= 4 is 11.2 Å². The summed E-state index contributed by atoms with van der Waals surface area (Å²) in [4.78, 5) is 8.18. The first-order chi connectivity index (χ1) is 6.16. The predicted octanol–water partition coefficient (Wildman–Crippen LogP) is 2.35. The fourth-order valence-corrected chi connectivity index (χ4v) is 0.985. The van der Waals surface area contributed by atoms with E-state index in [0.717, 1.165) is 0 Å². The number of aromatic nitrogens is 2. The Labute approximate surface area is 71.8 Å². The van der Waals surface area contributed by atoms with Crippen LogP contribution in [0.2, 0.25) is 0 Å². The molecule has 2 aromatic rings. The van der Waals surface area contributed by atoms with E-state index in [4.69, 9.17) is 5.79 Å². The maximum atomic E-state index is 7.34. The number of oxazole rings is 1. The van der Waals surface area contributed by atoms with Gasteiger partial charge < -0.3 is 4.42 Å². The van der Waals surface area contributed by atoms with Gasteiger partial charge in [0.2, 0.25) is 0 Å². The van der Waals surface area contributed by atoms with Gasteiger partial charge in [-0.2, -0.15) is 4.98 Å². The van der Waals surface area contributed by atoms with Gasteiger partial charge in [0.05, 0.1) is 1.37 Å². The molecular weight excluding hydrogens is 152 g/mol. The van der Waals surface area contributed by atoms with E-state index in [1.54, 1.807) is 6.07 Å². The Kier molecular flexibility index (Phi) is 1.33. The zero-order valence-electron chi connectivity index (χ0n) is 8.03. The SMILES string of the molecule is [3H]c1cnc2nc(C(C)C)oc2c1. The molecule has 0 N–H and O–H groups in total. The lowest BCUT2D eigenvalue weighted by Gasteiger charge is -1.93. The molecule has 0 amide bonds. The van der Waals surface area contributed by atoms with E-state index in [9.17, 15) is 0 Å². The average molecular weight is 164 g/mol. The minimum absolute atomic E-state index is 0.253. The van der Waals surface area contributed by atoms with Gasteiger partial charge in [0.1, 0.15) is 0 Å². The fraction of sp³-hybridized carbons (Fsp3) is 0.333. The molecule has 0 aliphatic carbocycles. The molecule has 62 valence electrons. The molecule has 3 nitrogen and oxygen atoms in total. The Hall–Kier alpha value is -1.38. The first-order valence-corrected chi connectivity index (χ1v) is 3.90. The van der Waals surface area contributed by atoms with Crippen LogP contribution in [0.1, 0.15) is 27.0 Å². The summed E-state index contributed by atoms with van der Waals surface area (Å²) in [6.45, 7) is 4.01. The molecule has 0 aliphatic heterocycles. The van der Waals surface area contributed by atoms with Crippen LogP contribution in [0.5, 0.6) is 0 Å². The standard InChI is InChI=1S/C9H10N2O/c1-6(2)9-11-8-7(12-9)4-3-5-10-8/h3-6H,1-2H3/i3T. The van der Waals surface area contributed by atoms with Gasteiger partial charge in [-0.3, -0.25) is 0 Å². The summed E-state index contributed by atoms with van der Waals surface area (Å²) < 4.78 is 12.8. The van der Waals surface area contributed by atoms with E-state index in [1.165, 1.54) is 6.20 Å². The largest absolute Gasteiger partial charge is 0.439 e. The Morgan fingerprint density at radius 3 is 3.17 bits per heavy atom. The predicted molar refractivity (Wildman–Crippen MR) is 45.9 cm³/mol. The summed E-state index contributed by atoms with van der Waals surface area (Å²) >= 11 is 0. The monoisotopic (exact) mass is 164 g/mol. The van der Waals surface area contributed by atoms with Crippen LogP contribution in [0.4, 0.5) is 0 Å². The Bertz CT molecular complexity index is 436. The first-order valence-electron chi connectivity index (χ1n) is 4.40. The molecule has 0 unspecified atom stereocenters. The summed E-state index contributed by atoms with van der Waals surface area (Å²) in [6.07, 6.45) is 1.47. The lowest BCUT2D eigenvalue weighted by atomic mass is 10.2. The molecule has 0 aromatic carbocycles. The van der Waals surface area contributed by atoms with E-state index in [1.807, 2.05) is 13.8 Å². The van der Waals surface area contributed by atoms with Gasteiger partial charge >= 0.3 is 0 Å². The van der Waals surface area contributed by atoms with Crippen LogP contribution < -0.4 is 0 Å². The highest BCUT2D eigenvalue weighted by Gasteiger charge is 2.08. The van der Waals surface area contributed by atoms with Crippen LogP contribution in [0.25, 0.3) is 11.2 Å². The molecule has 0 spiro atoms. The molecule has 12 heavy (non-hydrogen) atoms. The van der Waals surface area contributed by atoms with Crippen molar-refractivity contribution in [2.75, 3.05) is 0 Å². The second-order valence-corrected chi connectivity index (χ2v) is 2.96. The van der Waals surface area contributed by atoms with Crippen LogP contribution in [-0.2, 0) is 0 Å². The van der Waals surface area contributed by atoms with Gasteiger partial charge in [-0.1, -0.05) is 13.8 Å². The highest BCUT2D eigenvalue weighted by molar-refractivity contribution is 5.66. The van der Waals surface area contributed by atoms with Crippen LogP contribution in [0.3, 0.4) is 0 Å². The molecule has 0 radical (unpaired) electrons. The molecule has 0 fully saturated rings. The Balaban J connectivity index is 2.62. The van der Waals surface area contributed by atoms with Gasteiger partial charge in [0.25, 0.3) is 0 Å². The highest BCUT2D eigenvalue weighted by Crippen LogP contribution is 2.18. The topological polar surface area (TPSA) is 38.9 Å². The molecular formula is C9H10N2O. The van der Waals surface area contributed by atoms with Crippen LogP contribution >= 0.6 is 0 Å². The number of hydrogen-bond donors (Lipinski definition) is 0. The molecule has 2 aromatic heterocycles. The van der Waals surface area contributed by atoms with E-state index < -0.39 is 0 Å². The van der Waals surface area contributed by atoms with Gasteiger partial charge in [-0.15, -0.1) is 0 Å². The Morgan fingerprint density at radius 1 is 1.58 bits per heavy atom. The molecule has 0 atom stereocenters. The van der Waals surface area contributed by atoms with Crippen molar-refractivity contribution in [1.29, 1.82) is 0 Å². The van der Waals surface area contributed by atoms with Crippen LogP contribution in [-0.4, -0.2) is 9.97 Å². The van der Waals surface area contributed by atoms with Crippen molar-refractivity contribution in [2.45, 2.75) is 19.8 Å². The number of nitrogens with zero attached hydrogens (tertiary/aromatic N) is 2. The zero-order valence-corrected chi connectivity index (χ0v) is 7.03. The van der Waals surface area contributed by atoms with Gasteiger partial charge in [0, 0.05) is 12.1 Å². The van der Waals surface area contributed by atoms with Crippen LogP contribution in [0.15, 0.2) is 22.7 Å². The van der Waals surface area contributed by atoms with Gasteiger partial charge in [0.15, 0.2) is 17.1 Å². The number of rotatable bonds is 1. The second-order valence-electron chi connectivity index (χ2n) is 2.96. The van der Waals surface area contributed by atoms with E-state index in [2.05, 4.69) is 9.97 Å². The minimum atomic E-state index is 0.253. The summed E-state index contributed by atoms with van der Waals surface area (Å²) in [5.41, 5.74) is 1.18. The molecule has 2 rings (SSSR count). The molecule has 0 saturated carbocycles. The van der Waals surface area contributed by atoms with Gasteiger partial charge in [-0.05, 0) is 12.1 Å². The quantitative estimate of drug-likeness (QED) is 0.649. The van der Waals surface area contributed by atoms with Crippen molar-refractivity contribution in [3.8, 4) is 0 Å². The zero-order chi connectivity index (χ0) is 9.42. The minimum Gasteiger partial charge on any atom is -0.439 e. The summed E-state index contributed by atoms with van der Waals surface area (Å²) in [7, 11) is 0. The summed E-state index contributed by atoms with van der Waals surface area (Å²) in [5.74, 6) is 0.927. The van der Waals surface area contributed by atoms with Crippen molar-refractivity contribution in [2.24, 2.45) is 0 Å². The fourth-order valence-electron chi connectivity index (χ4n) is 0.985. The number of hydrogen-bond acceptors (Lipinski definition) is 3. The third kappa shape index (κ3) is 1.07. The van der Waals surface area contributed by atoms with E-state index in [0.29, 0.717) is 23.2 Å². The van der Waals surface area contributed by atoms with Crippen LogP contribution in [0, 0.1) is 0 Å². The first kappa shape index (κ1) is 6.17. The molecule has 0 bridgehead atoms. The number of pyridine rings is 1.